The Bertz CT molecular complexity index is 1070. The number of benzene rings is 1. The standard InChI is InChI=1S/C26H33N5O4/c1-16(32)18-5-9-24(29-15-18)31-20-6-7-21(31)14-19(13-20)30-26(34)17-4-8-22(25(27)33)23(12-17)28-10-3-11-35-2/h4-5,8-9,12,15,19-21,28H,3,6-7,10-11,13-14H2,1-2H3,(H2,27,33)(H,30,34). The molecule has 2 aliphatic rings. The number of amides is 2. The van der Waals surface area contributed by atoms with Crippen LogP contribution in [0.3, 0.4) is 0 Å². The minimum absolute atomic E-state index is 0.00522. The Morgan fingerprint density at radius 3 is 2.43 bits per heavy atom. The van der Waals surface area contributed by atoms with E-state index in [1.54, 1.807) is 31.5 Å². The van der Waals surface area contributed by atoms with Crippen molar-refractivity contribution < 1.29 is 19.1 Å². The van der Waals surface area contributed by atoms with Gasteiger partial charge in [-0.3, -0.25) is 14.4 Å². The summed E-state index contributed by atoms with van der Waals surface area (Å²) < 4.78 is 5.06. The number of piperidine rings is 1. The molecule has 1 aromatic carbocycles. The monoisotopic (exact) mass is 479 g/mol. The number of carbonyl (C=O) groups is 3. The molecule has 3 heterocycles. The number of hydrogen-bond donors (Lipinski definition) is 3. The third-order valence-electron chi connectivity index (χ3n) is 6.88. The van der Waals surface area contributed by atoms with Gasteiger partial charge in [0.2, 0.25) is 0 Å². The molecule has 4 rings (SSSR count). The van der Waals surface area contributed by atoms with Gasteiger partial charge in [-0.2, -0.15) is 0 Å². The van der Waals surface area contributed by atoms with Gasteiger partial charge in [0, 0.05) is 61.4 Å². The van der Waals surface area contributed by atoms with Gasteiger partial charge in [-0.25, -0.2) is 4.98 Å². The number of carbonyl (C=O) groups excluding carboxylic acids is 3. The average Bonchev–Trinajstić information content (AvgIpc) is 3.11. The summed E-state index contributed by atoms with van der Waals surface area (Å²) in [5.41, 5.74) is 7.51. The first kappa shape index (κ1) is 24.7. The highest BCUT2D eigenvalue weighted by Crippen LogP contribution is 2.38. The molecule has 2 atom stereocenters. The molecule has 2 fully saturated rings. The number of nitrogens with one attached hydrogen (secondary N) is 2. The first-order valence-electron chi connectivity index (χ1n) is 12.1. The van der Waals surface area contributed by atoms with Crippen molar-refractivity contribution in [3.63, 3.8) is 0 Å². The Hall–Kier alpha value is -3.46. The molecule has 35 heavy (non-hydrogen) atoms. The maximum Gasteiger partial charge on any atom is 0.251 e. The lowest BCUT2D eigenvalue weighted by molar-refractivity contribution is 0.0924. The van der Waals surface area contributed by atoms with Gasteiger partial charge in [0.05, 0.1) is 5.56 Å². The number of nitrogens with two attached hydrogens (primary N) is 1. The molecule has 9 nitrogen and oxygen atoms in total. The van der Waals surface area contributed by atoms with Crippen molar-refractivity contribution in [1.29, 1.82) is 0 Å². The molecule has 2 bridgehead atoms. The number of anilines is 2. The van der Waals surface area contributed by atoms with Gasteiger partial charge >= 0.3 is 0 Å². The van der Waals surface area contributed by atoms with Crippen LogP contribution in [0.25, 0.3) is 0 Å². The number of methoxy groups -OCH3 is 1. The summed E-state index contributed by atoms with van der Waals surface area (Å²) in [7, 11) is 1.64. The molecule has 9 heteroatoms. The lowest BCUT2D eigenvalue weighted by Crippen LogP contribution is -2.50. The molecular formula is C26H33N5O4. The summed E-state index contributed by atoms with van der Waals surface area (Å²) in [6.07, 6.45) is 6.17. The van der Waals surface area contributed by atoms with E-state index in [0.717, 1.165) is 37.9 Å². The van der Waals surface area contributed by atoms with Crippen molar-refractivity contribution in [3.05, 3.63) is 53.2 Å². The van der Waals surface area contributed by atoms with Crippen molar-refractivity contribution in [2.24, 2.45) is 5.73 Å². The van der Waals surface area contributed by atoms with Crippen LogP contribution in [0.2, 0.25) is 0 Å². The lowest BCUT2D eigenvalue weighted by atomic mass is 9.96. The van der Waals surface area contributed by atoms with Gasteiger partial charge in [0.1, 0.15) is 5.82 Å². The van der Waals surface area contributed by atoms with E-state index < -0.39 is 5.91 Å². The highest BCUT2D eigenvalue weighted by molar-refractivity contribution is 6.02. The molecule has 4 N–H and O–H groups in total. The van der Waals surface area contributed by atoms with Crippen LogP contribution in [0, 0.1) is 0 Å². The fourth-order valence-corrected chi connectivity index (χ4v) is 5.17. The number of ketones is 1. The molecule has 2 saturated heterocycles. The van der Waals surface area contributed by atoms with Crippen LogP contribution in [0.5, 0.6) is 0 Å². The molecule has 2 unspecified atom stereocenters. The Labute approximate surface area is 205 Å². The van der Waals surface area contributed by atoms with Crippen molar-refractivity contribution in [3.8, 4) is 0 Å². The van der Waals surface area contributed by atoms with E-state index in [4.69, 9.17) is 10.5 Å². The lowest BCUT2D eigenvalue weighted by Gasteiger charge is -2.40. The van der Waals surface area contributed by atoms with E-state index >= 15 is 0 Å². The number of fused-ring (bicyclic) bond motifs is 2. The zero-order valence-electron chi connectivity index (χ0n) is 20.3. The Morgan fingerprint density at radius 1 is 1.11 bits per heavy atom. The minimum Gasteiger partial charge on any atom is -0.385 e. The smallest absolute Gasteiger partial charge is 0.251 e. The highest BCUT2D eigenvalue weighted by Gasteiger charge is 2.41. The summed E-state index contributed by atoms with van der Waals surface area (Å²) in [5.74, 6) is 0.187. The van der Waals surface area contributed by atoms with E-state index in [-0.39, 0.29) is 17.7 Å². The second-order valence-electron chi connectivity index (χ2n) is 9.29. The summed E-state index contributed by atoms with van der Waals surface area (Å²) in [6.45, 7) is 2.73. The van der Waals surface area contributed by atoms with Crippen LogP contribution in [0.1, 0.15) is 70.1 Å². The van der Waals surface area contributed by atoms with Crippen LogP contribution in [0.4, 0.5) is 11.5 Å². The molecular weight excluding hydrogens is 446 g/mol. The molecule has 0 radical (unpaired) electrons. The van der Waals surface area contributed by atoms with Crippen molar-refractivity contribution in [2.45, 2.75) is 57.2 Å². The molecule has 0 saturated carbocycles. The van der Waals surface area contributed by atoms with Gasteiger partial charge in [-0.15, -0.1) is 0 Å². The zero-order valence-corrected chi connectivity index (χ0v) is 20.3. The number of nitrogens with zero attached hydrogens (tertiary/aromatic N) is 2. The van der Waals surface area contributed by atoms with Crippen molar-refractivity contribution in [1.82, 2.24) is 10.3 Å². The van der Waals surface area contributed by atoms with Gasteiger partial charge in [0.15, 0.2) is 5.78 Å². The van der Waals surface area contributed by atoms with Crippen LogP contribution in [-0.2, 0) is 4.74 Å². The maximum absolute atomic E-state index is 13.1. The van der Waals surface area contributed by atoms with E-state index in [2.05, 4.69) is 20.5 Å². The van der Waals surface area contributed by atoms with Crippen LogP contribution < -0.4 is 21.3 Å². The first-order valence-corrected chi connectivity index (χ1v) is 12.1. The van der Waals surface area contributed by atoms with E-state index in [1.165, 1.54) is 6.92 Å². The average molecular weight is 480 g/mol. The number of rotatable bonds is 10. The van der Waals surface area contributed by atoms with Gasteiger partial charge in [0.25, 0.3) is 11.8 Å². The van der Waals surface area contributed by atoms with Gasteiger partial charge in [-0.1, -0.05) is 0 Å². The Morgan fingerprint density at radius 2 is 1.83 bits per heavy atom. The third-order valence-corrected chi connectivity index (χ3v) is 6.88. The predicted octanol–water partition coefficient (Wildman–Crippen LogP) is 2.76. The maximum atomic E-state index is 13.1. The second kappa shape index (κ2) is 10.9. The van der Waals surface area contributed by atoms with Gasteiger partial charge < -0.3 is 26.0 Å². The molecule has 2 aromatic rings. The summed E-state index contributed by atoms with van der Waals surface area (Å²) in [6, 6.07) is 9.32. The normalized spacial score (nSPS) is 21.0. The third kappa shape index (κ3) is 5.62. The van der Waals surface area contributed by atoms with E-state index in [9.17, 15) is 14.4 Å². The molecule has 0 aliphatic carbocycles. The van der Waals surface area contributed by atoms with E-state index in [1.807, 2.05) is 12.1 Å². The summed E-state index contributed by atoms with van der Waals surface area (Å²) >= 11 is 0. The number of aromatic nitrogens is 1. The van der Waals surface area contributed by atoms with Crippen LogP contribution in [0.15, 0.2) is 36.5 Å². The zero-order chi connectivity index (χ0) is 24.9. The molecule has 186 valence electrons. The van der Waals surface area contributed by atoms with Crippen molar-refractivity contribution in [2.75, 3.05) is 30.5 Å². The Kier molecular flexibility index (Phi) is 7.65. The fraction of sp³-hybridized carbons (Fsp3) is 0.462. The van der Waals surface area contributed by atoms with E-state index in [0.29, 0.717) is 47.6 Å². The van der Waals surface area contributed by atoms with Crippen LogP contribution in [-0.4, -0.2) is 61.0 Å². The molecule has 2 amide bonds. The fourth-order valence-electron chi connectivity index (χ4n) is 5.17. The summed E-state index contributed by atoms with van der Waals surface area (Å²) in [5, 5.41) is 6.38. The number of pyridine rings is 1. The highest BCUT2D eigenvalue weighted by atomic mass is 16.5. The quantitative estimate of drug-likeness (QED) is 0.353. The Balaban J connectivity index is 1.41. The number of hydrogen-bond acceptors (Lipinski definition) is 7. The SMILES string of the molecule is COCCCNc1cc(C(=O)NC2CC3CCC(C2)N3c2ccc(C(C)=O)cn2)ccc1C(N)=O. The summed E-state index contributed by atoms with van der Waals surface area (Å²) in [4.78, 5) is 43.3. The minimum atomic E-state index is -0.542. The van der Waals surface area contributed by atoms with Crippen LogP contribution >= 0.6 is 0 Å². The van der Waals surface area contributed by atoms with Crippen molar-refractivity contribution >= 4 is 29.1 Å². The van der Waals surface area contributed by atoms with Gasteiger partial charge in [-0.05, 0) is 69.4 Å². The number of Topliss-reactive ketones (excluding diaryl/α,β-unsaturated/α-hetero) is 1. The number of primary amides is 1. The molecule has 0 spiro atoms. The second-order valence-corrected chi connectivity index (χ2v) is 9.29. The molecule has 1 aromatic heterocycles. The largest absolute Gasteiger partial charge is 0.385 e. The topological polar surface area (TPSA) is 127 Å². The molecule has 2 aliphatic heterocycles. The number of ether oxygens (including phenoxy) is 1. The first-order chi connectivity index (χ1) is 16.9. The predicted molar refractivity (Wildman–Crippen MR) is 134 cm³/mol.